The van der Waals surface area contributed by atoms with E-state index >= 15 is 0 Å². The molecule has 7 heteroatoms. The molecule has 0 radical (unpaired) electrons. The van der Waals surface area contributed by atoms with E-state index in [4.69, 9.17) is 4.98 Å². The van der Waals surface area contributed by atoms with Crippen molar-refractivity contribution in [2.75, 3.05) is 18.4 Å². The maximum absolute atomic E-state index is 13.0. The van der Waals surface area contributed by atoms with Gasteiger partial charge >= 0.3 is 0 Å². The van der Waals surface area contributed by atoms with Crippen molar-refractivity contribution in [1.29, 1.82) is 0 Å². The lowest BCUT2D eigenvalue weighted by atomic mass is 9.92. The Bertz CT molecular complexity index is 937. The largest absolute Gasteiger partial charge is 0.325 e. The van der Waals surface area contributed by atoms with Crippen molar-refractivity contribution in [2.24, 2.45) is 5.92 Å². The van der Waals surface area contributed by atoms with Crippen LogP contribution in [0.1, 0.15) is 36.8 Å². The zero-order valence-corrected chi connectivity index (χ0v) is 17.3. The number of anilines is 2. The monoisotopic (exact) mass is 406 g/mol. The van der Waals surface area contributed by atoms with Gasteiger partial charge in [-0.2, -0.15) is 0 Å². The van der Waals surface area contributed by atoms with Gasteiger partial charge in [0.25, 0.3) is 0 Å². The first-order chi connectivity index (χ1) is 14.7. The number of hydrogen-bond donors (Lipinski definition) is 1. The van der Waals surface area contributed by atoms with Crippen molar-refractivity contribution in [3.63, 3.8) is 0 Å². The van der Waals surface area contributed by atoms with Gasteiger partial charge in [-0.15, -0.1) is 0 Å². The van der Waals surface area contributed by atoms with E-state index < -0.39 is 0 Å². The standard InChI is InChI=1S/C23H27FN6/c1-2-21-25-13-18(14-26-21)16-30-10-8-17(9-11-30)12-20-4-3-5-23(28-20)29-22-7-6-19(24)15-27-22/h3-7,13-15,17H,2,8-12,16H2,1H3,(H,27,28,29). The molecule has 1 aliphatic rings. The molecule has 0 atom stereocenters. The fraction of sp³-hybridized carbons (Fsp3) is 0.391. The minimum atomic E-state index is -0.348. The maximum Gasteiger partial charge on any atom is 0.141 e. The smallest absolute Gasteiger partial charge is 0.141 e. The van der Waals surface area contributed by atoms with E-state index in [-0.39, 0.29) is 5.82 Å². The number of aryl methyl sites for hydroxylation is 1. The van der Waals surface area contributed by atoms with E-state index in [1.54, 1.807) is 6.07 Å². The van der Waals surface area contributed by atoms with Crippen LogP contribution in [-0.4, -0.2) is 37.9 Å². The molecular weight excluding hydrogens is 379 g/mol. The summed E-state index contributed by atoms with van der Waals surface area (Å²) in [5, 5.41) is 3.14. The summed E-state index contributed by atoms with van der Waals surface area (Å²) in [6, 6.07) is 8.98. The van der Waals surface area contributed by atoms with Crippen molar-refractivity contribution >= 4 is 11.6 Å². The predicted octanol–water partition coefficient (Wildman–Crippen LogP) is 4.17. The molecule has 1 fully saturated rings. The maximum atomic E-state index is 13.0. The fourth-order valence-electron chi connectivity index (χ4n) is 3.79. The third-order valence-corrected chi connectivity index (χ3v) is 5.48. The van der Waals surface area contributed by atoms with E-state index in [1.165, 1.54) is 17.8 Å². The summed E-state index contributed by atoms with van der Waals surface area (Å²) in [6.07, 6.45) is 9.27. The Morgan fingerprint density at radius 3 is 2.50 bits per heavy atom. The number of nitrogens with one attached hydrogen (secondary N) is 1. The van der Waals surface area contributed by atoms with Crippen molar-refractivity contribution < 1.29 is 4.39 Å². The van der Waals surface area contributed by atoms with Crippen LogP contribution in [0.4, 0.5) is 16.0 Å². The summed E-state index contributed by atoms with van der Waals surface area (Å²) in [6.45, 7) is 5.15. The molecular formula is C23H27FN6. The van der Waals surface area contributed by atoms with Crippen LogP contribution < -0.4 is 5.32 Å². The third-order valence-electron chi connectivity index (χ3n) is 5.48. The second-order valence-electron chi connectivity index (χ2n) is 7.79. The van der Waals surface area contributed by atoms with Gasteiger partial charge in [-0.05, 0) is 62.5 Å². The van der Waals surface area contributed by atoms with Crippen LogP contribution >= 0.6 is 0 Å². The molecule has 0 saturated carbocycles. The summed E-state index contributed by atoms with van der Waals surface area (Å²) in [7, 11) is 0. The second kappa shape index (κ2) is 9.71. The molecule has 0 aromatic carbocycles. The minimum Gasteiger partial charge on any atom is -0.325 e. The Kier molecular flexibility index (Phi) is 6.59. The Morgan fingerprint density at radius 1 is 1.00 bits per heavy atom. The summed E-state index contributed by atoms with van der Waals surface area (Å²) in [4.78, 5) is 20.0. The molecule has 0 spiro atoms. The second-order valence-corrected chi connectivity index (χ2v) is 7.79. The molecule has 156 valence electrons. The lowest BCUT2D eigenvalue weighted by Gasteiger charge is -2.31. The van der Waals surface area contributed by atoms with Crippen molar-refractivity contribution in [3.8, 4) is 0 Å². The van der Waals surface area contributed by atoms with Gasteiger partial charge in [0.05, 0.1) is 6.20 Å². The van der Waals surface area contributed by atoms with Crippen LogP contribution in [0.3, 0.4) is 0 Å². The van der Waals surface area contributed by atoms with Crippen LogP contribution in [-0.2, 0) is 19.4 Å². The Labute approximate surface area is 176 Å². The average Bonchev–Trinajstić information content (AvgIpc) is 2.78. The number of pyridine rings is 2. The zero-order valence-electron chi connectivity index (χ0n) is 17.3. The van der Waals surface area contributed by atoms with Crippen LogP contribution in [0.2, 0.25) is 0 Å². The number of aromatic nitrogens is 4. The highest BCUT2D eigenvalue weighted by molar-refractivity contribution is 5.51. The molecule has 0 aliphatic carbocycles. The van der Waals surface area contributed by atoms with Crippen LogP contribution in [0.25, 0.3) is 0 Å². The summed E-state index contributed by atoms with van der Waals surface area (Å²) in [5.74, 6) is 2.51. The van der Waals surface area contributed by atoms with Crippen molar-refractivity contribution in [2.45, 2.75) is 39.2 Å². The number of hydrogen-bond acceptors (Lipinski definition) is 6. The first-order valence-electron chi connectivity index (χ1n) is 10.5. The van der Waals surface area contributed by atoms with Gasteiger partial charge in [0, 0.05) is 36.6 Å². The molecule has 4 heterocycles. The predicted molar refractivity (Wildman–Crippen MR) is 115 cm³/mol. The molecule has 1 aliphatic heterocycles. The van der Waals surface area contributed by atoms with Crippen LogP contribution in [0.5, 0.6) is 0 Å². The van der Waals surface area contributed by atoms with Crippen LogP contribution in [0.15, 0.2) is 48.9 Å². The number of rotatable bonds is 7. The molecule has 1 N–H and O–H groups in total. The molecule has 0 unspecified atom stereocenters. The van der Waals surface area contributed by atoms with Gasteiger partial charge < -0.3 is 5.32 Å². The topological polar surface area (TPSA) is 66.8 Å². The van der Waals surface area contributed by atoms with Gasteiger partial charge in [-0.1, -0.05) is 13.0 Å². The van der Waals surface area contributed by atoms with E-state index in [0.717, 1.165) is 62.7 Å². The molecule has 3 aromatic heterocycles. The van der Waals surface area contributed by atoms with Crippen molar-refractivity contribution in [1.82, 2.24) is 24.8 Å². The SMILES string of the molecule is CCc1ncc(CN2CCC(Cc3cccc(Nc4ccc(F)cn4)n3)CC2)cn1. The van der Waals surface area contributed by atoms with E-state index in [0.29, 0.717) is 11.7 Å². The lowest BCUT2D eigenvalue weighted by Crippen LogP contribution is -2.34. The Morgan fingerprint density at radius 2 is 1.80 bits per heavy atom. The number of likely N-dealkylation sites (tertiary alicyclic amines) is 1. The quantitative estimate of drug-likeness (QED) is 0.635. The third kappa shape index (κ3) is 5.57. The summed E-state index contributed by atoms with van der Waals surface area (Å²) in [5.41, 5.74) is 2.25. The highest BCUT2D eigenvalue weighted by Crippen LogP contribution is 2.23. The lowest BCUT2D eigenvalue weighted by molar-refractivity contribution is 0.176. The van der Waals surface area contributed by atoms with Gasteiger partial charge in [0.15, 0.2) is 0 Å². The molecule has 6 nitrogen and oxygen atoms in total. The van der Waals surface area contributed by atoms with Gasteiger partial charge in [-0.3, -0.25) is 4.90 Å². The molecule has 0 bridgehead atoms. The molecule has 3 aromatic rings. The van der Waals surface area contributed by atoms with Gasteiger partial charge in [0.2, 0.25) is 0 Å². The molecule has 1 saturated heterocycles. The Balaban J connectivity index is 1.27. The van der Waals surface area contributed by atoms with Crippen molar-refractivity contribution in [3.05, 3.63) is 71.8 Å². The number of halogens is 1. The fourth-order valence-corrected chi connectivity index (χ4v) is 3.79. The first-order valence-corrected chi connectivity index (χ1v) is 10.5. The normalized spacial score (nSPS) is 15.3. The highest BCUT2D eigenvalue weighted by atomic mass is 19.1. The molecule has 4 rings (SSSR count). The number of piperidine rings is 1. The summed E-state index contributed by atoms with van der Waals surface area (Å²) >= 11 is 0. The number of nitrogens with zero attached hydrogens (tertiary/aromatic N) is 5. The summed E-state index contributed by atoms with van der Waals surface area (Å²) < 4.78 is 13.0. The molecule has 0 amide bonds. The first kappa shape index (κ1) is 20.3. The van der Waals surface area contributed by atoms with Gasteiger partial charge in [0.1, 0.15) is 23.3 Å². The highest BCUT2D eigenvalue weighted by Gasteiger charge is 2.20. The van der Waals surface area contributed by atoms with E-state index in [2.05, 4.69) is 38.2 Å². The average molecular weight is 407 g/mol. The zero-order chi connectivity index (χ0) is 20.8. The van der Waals surface area contributed by atoms with Gasteiger partial charge in [-0.25, -0.2) is 24.3 Å². The van der Waals surface area contributed by atoms with E-state index in [9.17, 15) is 4.39 Å². The van der Waals surface area contributed by atoms with Crippen LogP contribution in [0, 0.1) is 11.7 Å². The van der Waals surface area contributed by atoms with E-state index in [1.807, 2.05) is 24.5 Å². The molecule has 30 heavy (non-hydrogen) atoms. The minimum absolute atomic E-state index is 0.348. The Hall–Kier alpha value is -2.93.